The molecule has 3 amide bonds. The van der Waals surface area contributed by atoms with Crippen LogP contribution in [-0.2, 0) is 30.5 Å². The molecule has 2 aromatic heterocycles. The minimum atomic E-state index is -0.832. The first-order valence-corrected chi connectivity index (χ1v) is 29.4. The molecule has 2 aliphatic heterocycles. The highest BCUT2D eigenvalue weighted by molar-refractivity contribution is 7.13. The van der Waals surface area contributed by atoms with Crippen molar-refractivity contribution < 1.29 is 33.9 Å². The number of likely N-dealkylation sites (tertiary alicyclic amines) is 1. The lowest BCUT2D eigenvalue weighted by Gasteiger charge is -2.35. The zero-order valence-corrected chi connectivity index (χ0v) is 49.0. The van der Waals surface area contributed by atoms with Crippen LogP contribution in [0.4, 0.5) is 11.5 Å². The Kier molecular flexibility index (Phi) is 21.4. The number of hydrogen-bond donors (Lipinski definition) is 5. The van der Waals surface area contributed by atoms with Gasteiger partial charge in [0.05, 0.1) is 22.2 Å². The van der Waals surface area contributed by atoms with E-state index in [1.807, 2.05) is 122 Å². The number of hydrogen-bond acceptors (Lipinski definition) is 14. The van der Waals surface area contributed by atoms with Crippen molar-refractivity contribution in [3.63, 3.8) is 0 Å². The lowest BCUT2D eigenvalue weighted by atomic mass is 9.76. The Balaban J connectivity index is 0.791. The van der Waals surface area contributed by atoms with Crippen LogP contribution in [0.15, 0.2) is 83.0 Å². The molecule has 2 saturated heterocycles. The fourth-order valence-electron chi connectivity index (χ4n) is 11.0. The van der Waals surface area contributed by atoms with Crippen LogP contribution in [0.3, 0.4) is 0 Å². The van der Waals surface area contributed by atoms with E-state index in [0.29, 0.717) is 61.0 Å². The number of benzene rings is 2. The molecular formula is C63H83N9O7S. The number of nitrogens with one attached hydrogen (secondary N) is 4. The largest absolute Gasteiger partial charge is 0.391 e. The first-order chi connectivity index (χ1) is 38.2. The van der Waals surface area contributed by atoms with Gasteiger partial charge >= 0.3 is 0 Å². The van der Waals surface area contributed by atoms with Crippen molar-refractivity contribution in [1.29, 1.82) is 5.41 Å². The SMILES string of the molecule is CC1=CC(C)=C(CCC(=O)c2cc(-c3ccc(N4CCN(CCNC(=O)CCCCCCC(=O)C[C@H](C(=O)N5C[C@H](O)C[C@H]5C(=O)NCc5ccc(-c6scnc6C)cc5)C(C)(C)C)CC4)nc3)cc(NC(C)C)c2C=N)C(=O)C1. The molecule has 1 aliphatic carbocycles. The first-order valence-electron chi connectivity index (χ1n) is 28.5. The third-order valence-electron chi connectivity index (χ3n) is 15.6. The average Bonchev–Trinajstić information content (AvgIpc) is 4.10. The summed E-state index contributed by atoms with van der Waals surface area (Å²) in [6.07, 6.45) is 9.09. The molecule has 4 aromatic rings. The van der Waals surface area contributed by atoms with E-state index in [9.17, 15) is 33.9 Å². The Morgan fingerprint density at radius 2 is 1.59 bits per heavy atom. The van der Waals surface area contributed by atoms with E-state index in [1.165, 1.54) is 11.1 Å². The maximum atomic E-state index is 14.1. The number of carbonyl (C=O) groups is 6. The van der Waals surface area contributed by atoms with Crippen molar-refractivity contribution >= 4 is 64.1 Å². The van der Waals surface area contributed by atoms with E-state index >= 15 is 0 Å². The molecule has 3 atom stereocenters. The molecule has 17 heteroatoms. The highest BCUT2D eigenvalue weighted by Crippen LogP contribution is 2.35. The molecule has 0 saturated carbocycles. The van der Waals surface area contributed by atoms with Gasteiger partial charge in [0.25, 0.3) is 0 Å². The van der Waals surface area contributed by atoms with Crippen LogP contribution in [0, 0.1) is 23.7 Å². The van der Waals surface area contributed by atoms with Crippen LogP contribution in [0.25, 0.3) is 21.6 Å². The third kappa shape index (κ3) is 16.5. The number of rotatable bonds is 26. The molecule has 0 bridgehead atoms. The van der Waals surface area contributed by atoms with E-state index in [4.69, 9.17) is 10.4 Å². The second kappa shape index (κ2) is 28.1. The van der Waals surface area contributed by atoms with Crippen molar-refractivity contribution in [3.05, 3.63) is 105 Å². The molecule has 0 radical (unpaired) electrons. The van der Waals surface area contributed by atoms with Gasteiger partial charge in [-0.05, 0) is 111 Å². The number of amides is 3. The van der Waals surface area contributed by atoms with E-state index < -0.39 is 23.5 Å². The van der Waals surface area contributed by atoms with E-state index in [0.717, 1.165) is 102 Å². The number of thiazole rings is 1. The standard InChI is InChI=1S/C63H83N9O7S/c1-40(2)69-54-32-47(31-51(52(54)35-64)56(75)21-20-50-42(4)29-41(3)30-57(50)76)46-19-22-58(66-37-46)71-27-25-70(26-28-71)24-23-65-59(77)14-12-10-9-11-13-48(73)33-53(63(6,7)8)62(79)72-38-49(74)34-55(72)61(78)67-36-44-15-17-45(18-16-44)60-43(5)68-39-80-60/h15-19,22,29,31-32,35,37,39-40,49,53,55,64,69,74H,9-14,20-21,23-28,30,33-34,36,38H2,1-8H3,(H,65,77)(H,67,78)/t49-,53-,55+/m1/s1. The number of carbonyl (C=O) groups excluding carboxylic acids is 6. The lowest BCUT2D eigenvalue weighted by Crippen LogP contribution is -2.50. The smallest absolute Gasteiger partial charge is 0.243 e. The van der Waals surface area contributed by atoms with Crippen molar-refractivity contribution in [2.45, 2.75) is 151 Å². The number of pyridine rings is 1. The van der Waals surface area contributed by atoms with Crippen molar-refractivity contribution in [2.24, 2.45) is 11.3 Å². The fraction of sp³-hybridized carbons (Fsp3) is 0.508. The van der Waals surface area contributed by atoms with Crippen molar-refractivity contribution in [2.75, 3.05) is 56.0 Å². The topological polar surface area (TPSA) is 218 Å². The summed E-state index contributed by atoms with van der Waals surface area (Å²) >= 11 is 1.58. The number of piperazine rings is 1. The molecule has 4 heterocycles. The zero-order chi connectivity index (χ0) is 57.7. The molecule has 0 spiro atoms. The summed E-state index contributed by atoms with van der Waals surface area (Å²) in [4.78, 5) is 96.8. The summed E-state index contributed by atoms with van der Waals surface area (Å²) in [5, 5.41) is 28.4. The minimum absolute atomic E-state index is 0.00693. The van der Waals surface area contributed by atoms with Crippen LogP contribution in [0.5, 0.6) is 0 Å². The predicted octanol–water partition coefficient (Wildman–Crippen LogP) is 9.68. The summed E-state index contributed by atoms with van der Waals surface area (Å²) in [6, 6.07) is 15.0. The molecule has 3 aliphatic rings. The van der Waals surface area contributed by atoms with Crippen LogP contribution < -0.4 is 20.9 Å². The Bertz CT molecular complexity index is 2930. The molecule has 80 heavy (non-hydrogen) atoms. The normalized spacial score (nSPS) is 17.4. The molecule has 16 nitrogen and oxygen atoms in total. The molecule has 5 N–H and O–H groups in total. The van der Waals surface area contributed by atoms with Gasteiger partial charge in [-0.1, -0.05) is 69.5 Å². The van der Waals surface area contributed by atoms with Crippen LogP contribution in [0.2, 0.25) is 0 Å². The second-order valence-electron chi connectivity index (χ2n) is 23.3. The molecule has 7 rings (SSSR count). The maximum Gasteiger partial charge on any atom is 0.243 e. The van der Waals surface area contributed by atoms with Crippen LogP contribution in [0.1, 0.15) is 146 Å². The molecule has 2 fully saturated rings. The molecule has 0 unspecified atom stereocenters. The summed E-state index contributed by atoms with van der Waals surface area (Å²) < 4.78 is 0. The van der Waals surface area contributed by atoms with Gasteiger partial charge in [0.1, 0.15) is 17.6 Å². The van der Waals surface area contributed by atoms with E-state index in [-0.39, 0.29) is 73.5 Å². The second-order valence-corrected chi connectivity index (χ2v) is 24.2. The van der Waals surface area contributed by atoms with Gasteiger partial charge in [0.2, 0.25) is 17.7 Å². The Morgan fingerprint density at radius 1 is 0.875 bits per heavy atom. The van der Waals surface area contributed by atoms with Crippen LogP contribution >= 0.6 is 11.3 Å². The number of aryl methyl sites for hydroxylation is 1. The van der Waals surface area contributed by atoms with Crippen molar-refractivity contribution in [3.8, 4) is 21.6 Å². The Labute approximate surface area is 476 Å². The fourth-order valence-corrected chi connectivity index (χ4v) is 11.9. The maximum absolute atomic E-state index is 14.1. The van der Waals surface area contributed by atoms with Gasteiger partial charge in [0, 0.05) is 138 Å². The van der Waals surface area contributed by atoms with Gasteiger partial charge < -0.3 is 36.3 Å². The van der Waals surface area contributed by atoms with E-state index in [1.54, 1.807) is 11.3 Å². The van der Waals surface area contributed by atoms with E-state index in [2.05, 4.69) is 30.7 Å². The summed E-state index contributed by atoms with van der Waals surface area (Å²) in [5.74, 6) is -0.438. The predicted molar refractivity (Wildman–Crippen MR) is 318 cm³/mol. The number of aromatic nitrogens is 2. The van der Waals surface area contributed by atoms with Gasteiger partial charge in [-0.3, -0.25) is 33.7 Å². The number of nitrogens with zero attached hydrogens (tertiary/aromatic N) is 5. The Morgan fingerprint density at radius 3 is 2.23 bits per heavy atom. The molecule has 2 aromatic carbocycles. The number of Topliss-reactive ketones (excluding diaryl/α,β-unsaturated/α-hetero) is 3. The average molecular weight is 1110 g/mol. The van der Waals surface area contributed by atoms with Gasteiger partial charge in [0.15, 0.2) is 11.6 Å². The summed E-state index contributed by atoms with van der Waals surface area (Å²) in [5.41, 5.74) is 10.2. The minimum Gasteiger partial charge on any atom is -0.391 e. The number of anilines is 2. The monoisotopic (exact) mass is 1110 g/mol. The number of β-amino-alcohol motifs (C(OH)–C–C–N with tert-alkyl or cyclic N) is 1. The third-order valence-corrected chi connectivity index (χ3v) is 16.6. The highest BCUT2D eigenvalue weighted by Gasteiger charge is 2.44. The summed E-state index contributed by atoms with van der Waals surface area (Å²) in [7, 11) is 0. The van der Waals surface area contributed by atoms with Crippen molar-refractivity contribution in [1.82, 2.24) is 30.4 Å². The number of unbranched alkanes of at least 4 members (excludes halogenated alkanes) is 3. The Hall–Kier alpha value is -6.69. The number of ketones is 3. The quantitative estimate of drug-likeness (QED) is 0.0226. The van der Waals surface area contributed by atoms with Gasteiger partial charge in [-0.2, -0.15) is 0 Å². The lowest BCUT2D eigenvalue weighted by molar-refractivity contribution is -0.146. The first kappa shape index (κ1) is 60.9. The molecular weight excluding hydrogens is 1030 g/mol. The number of allylic oxidation sites excluding steroid dienone is 4. The van der Waals surface area contributed by atoms with Crippen LogP contribution in [-0.4, -0.2) is 130 Å². The summed E-state index contributed by atoms with van der Waals surface area (Å²) in [6.45, 7) is 20.5. The van der Waals surface area contributed by atoms with Gasteiger partial charge in [-0.25, -0.2) is 9.97 Å². The number of aliphatic hydroxyl groups is 1. The number of aliphatic hydroxyl groups excluding tert-OH is 1. The zero-order valence-electron chi connectivity index (χ0n) is 48.2. The highest BCUT2D eigenvalue weighted by atomic mass is 32.1. The molecule has 428 valence electrons. The van der Waals surface area contributed by atoms with Gasteiger partial charge in [-0.15, -0.1) is 11.3 Å².